The first-order valence-corrected chi connectivity index (χ1v) is 8.15. The molecule has 1 amide bonds. The van der Waals surface area contributed by atoms with Gasteiger partial charge in [-0.25, -0.2) is 9.97 Å². The predicted octanol–water partition coefficient (Wildman–Crippen LogP) is 3.97. The van der Waals surface area contributed by atoms with E-state index in [1.807, 2.05) is 33.2 Å². The summed E-state index contributed by atoms with van der Waals surface area (Å²) in [5, 5.41) is 3.67. The lowest BCUT2D eigenvalue weighted by Gasteiger charge is -2.12. The van der Waals surface area contributed by atoms with Crippen LogP contribution in [0.3, 0.4) is 0 Å². The van der Waals surface area contributed by atoms with E-state index < -0.39 is 0 Å². The Balaban J connectivity index is 1.88. The zero-order chi connectivity index (χ0) is 16.6. The molecule has 0 aliphatic carbocycles. The highest BCUT2D eigenvalue weighted by molar-refractivity contribution is 7.22. The van der Waals surface area contributed by atoms with Crippen molar-refractivity contribution < 1.29 is 4.79 Å². The zero-order valence-electron chi connectivity index (χ0n) is 12.9. The van der Waals surface area contributed by atoms with Gasteiger partial charge in [0.05, 0.1) is 10.2 Å². The van der Waals surface area contributed by atoms with Crippen molar-refractivity contribution in [2.45, 2.75) is 6.92 Å². The molecule has 118 valence electrons. The number of carbonyl (C=O) groups is 1. The van der Waals surface area contributed by atoms with E-state index in [-0.39, 0.29) is 11.1 Å². The minimum Gasteiger partial charge on any atom is -0.363 e. The van der Waals surface area contributed by atoms with Gasteiger partial charge in [0, 0.05) is 19.7 Å². The standard InChI is InChI=1S/C16H15ClN4OS/c1-9-4-5-11-12(6-9)23-16(18-11)20-15(22)10-7-13(17)19-14(8-10)21(2)3/h4-8H,1-3H3,(H,18,20,22). The summed E-state index contributed by atoms with van der Waals surface area (Å²) in [4.78, 5) is 22.8. The van der Waals surface area contributed by atoms with Gasteiger partial charge in [-0.3, -0.25) is 10.1 Å². The Labute approximate surface area is 142 Å². The molecular formula is C16H15ClN4OS. The fraction of sp³-hybridized carbons (Fsp3) is 0.188. The third-order valence-electron chi connectivity index (χ3n) is 3.27. The number of fused-ring (bicyclic) bond motifs is 1. The zero-order valence-corrected chi connectivity index (χ0v) is 14.5. The number of nitrogens with zero attached hydrogens (tertiary/aromatic N) is 3. The second-order valence-corrected chi connectivity index (χ2v) is 6.79. The molecule has 0 aliphatic rings. The van der Waals surface area contributed by atoms with Crippen LogP contribution >= 0.6 is 22.9 Å². The van der Waals surface area contributed by atoms with E-state index in [1.165, 1.54) is 11.3 Å². The van der Waals surface area contributed by atoms with Crippen molar-refractivity contribution in [2.24, 2.45) is 0 Å². The minimum absolute atomic E-state index is 0.256. The van der Waals surface area contributed by atoms with Gasteiger partial charge in [0.1, 0.15) is 11.0 Å². The van der Waals surface area contributed by atoms with E-state index in [0.29, 0.717) is 16.5 Å². The first kappa shape index (κ1) is 15.7. The van der Waals surface area contributed by atoms with Crippen LogP contribution in [0, 0.1) is 6.92 Å². The maximum Gasteiger partial charge on any atom is 0.257 e. The minimum atomic E-state index is -0.256. The molecule has 2 aromatic heterocycles. The lowest BCUT2D eigenvalue weighted by Crippen LogP contribution is -2.15. The Morgan fingerprint density at radius 3 is 2.74 bits per heavy atom. The Hall–Kier alpha value is -2.18. The molecule has 7 heteroatoms. The van der Waals surface area contributed by atoms with Crippen LogP contribution in [0.5, 0.6) is 0 Å². The fourth-order valence-corrected chi connectivity index (χ4v) is 3.26. The lowest BCUT2D eigenvalue weighted by molar-refractivity contribution is 0.102. The summed E-state index contributed by atoms with van der Waals surface area (Å²) < 4.78 is 1.04. The predicted molar refractivity (Wildman–Crippen MR) is 95.9 cm³/mol. The van der Waals surface area contributed by atoms with Crippen LogP contribution in [0.15, 0.2) is 30.3 Å². The fourth-order valence-electron chi connectivity index (χ4n) is 2.10. The third-order valence-corrected chi connectivity index (χ3v) is 4.39. The molecule has 23 heavy (non-hydrogen) atoms. The second kappa shape index (κ2) is 6.14. The van der Waals surface area contributed by atoms with Gasteiger partial charge in [-0.15, -0.1) is 0 Å². The van der Waals surface area contributed by atoms with E-state index in [0.717, 1.165) is 15.8 Å². The Bertz CT molecular complexity index is 891. The van der Waals surface area contributed by atoms with Gasteiger partial charge in [0.2, 0.25) is 0 Å². The van der Waals surface area contributed by atoms with E-state index in [2.05, 4.69) is 21.4 Å². The maximum absolute atomic E-state index is 12.4. The first-order valence-electron chi connectivity index (χ1n) is 6.96. The molecule has 2 heterocycles. The van der Waals surface area contributed by atoms with Crippen LogP contribution < -0.4 is 10.2 Å². The number of hydrogen-bond acceptors (Lipinski definition) is 5. The molecule has 1 N–H and O–H groups in total. The number of thiazole rings is 1. The van der Waals surface area contributed by atoms with E-state index in [4.69, 9.17) is 11.6 Å². The van der Waals surface area contributed by atoms with Gasteiger partial charge in [-0.2, -0.15) is 0 Å². The summed E-state index contributed by atoms with van der Waals surface area (Å²) in [6, 6.07) is 9.24. The summed E-state index contributed by atoms with van der Waals surface area (Å²) in [5.74, 6) is 0.371. The van der Waals surface area contributed by atoms with Crippen molar-refractivity contribution in [1.29, 1.82) is 0 Å². The number of benzene rings is 1. The molecule has 0 bridgehead atoms. The average Bonchev–Trinajstić information content (AvgIpc) is 2.87. The number of halogens is 1. The molecule has 1 aromatic carbocycles. The number of amides is 1. The maximum atomic E-state index is 12.4. The Morgan fingerprint density at radius 2 is 2.00 bits per heavy atom. The molecule has 0 atom stereocenters. The third kappa shape index (κ3) is 3.43. The molecule has 0 saturated heterocycles. The summed E-state index contributed by atoms with van der Waals surface area (Å²) in [7, 11) is 3.69. The molecule has 0 aliphatic heterocycles. The highest BCUT2D eigenvalue weighted by atomic mass is 35.5. The summed E-state index contributed by atoms with van der Waals surface area (Å²) >= 11 is 7.44. The second-order valence-electron chi connectivity index (χ2n) is 5.38. The van der Waals surface area contributed by atoms with Crippen molar-refractivity contribution in [2.75, 3.05) is 24.3 Å². The summed E-state index contributed by atoms with van der Waals surface area (Å²) in [5.41, 5.74) is 2.48. The summed E-state index contributed by atoms with van der Waals surface area (Å²) in [6.07, 6.45) is 0. The van der Waals surface area contributed by atoms with Crippen LogP contribution in [0.25, 0.3) is 10.2 Å². The quantitative estimate of drug-likeness (QED) is 0.729. The Morgan fingerprint density at radius 1 is 1.22 bits per heavy atom. The first-order chi connectivity index (χ1) is 10.9. The summed E-state index contributed by atoms with van der Waals surface area (Å²) in [6.45, 7) is 2.03. The topological polar surface area (TPSA) is 58.1 Å². The van der Waals surface area contributed by atoms with Crippen LogP contribution in [-0.4, -0.2) is 30.0 Å². The number of aromatic nitrogens is 2. The van der Waals surface area contributed by atoms with Crippen LogP contribution in [-0.2, 0) is 0 Å². The number of carbonyl (C=O) groups excluding carboxylic acids is 1. The Kier molecular flexibility index (Phi) is 4.19. The number of aryl methyl sites for hydroxylation is 1. The molecule has 0 saturated carbocycles. The van der Waals surface area contributed by atoms with Crippen LogP contribution in [0.2, 0.25) is 5.15 Å². The van der Waals surface area contributed by atoms with Crippen LogP contribution in [0.1, 0.15) is 15.9 Å². The largest absolute Gasteiger partial charge is 0.363 e. The van der Waals surface area contributed by atoms with E-state index >= 15 is 0 Å². The normalized spacial score (nSPS) is 10.8. The van der Waals surface area contributed by atoms with Crippen molar-refractivity contribution >= 4 is 50.0 Å². The molecule has 5 nitrogen and oxygen atoms in total. The average molecular weight is 347 g/mol. The lowest BCUT2D eigenvalue weighted by atomic mass is 10.2. The van der Waals surface area contributed by atoms with Gasteiger partial charge in [-0.1, -0.05) is 29.0 Å². The molecular weight excluding hydrogens is 332 g/mol. The SMILES string of the molecule is Cc1ccc2nc(NC(=O)c3cc(Cl)nc(N(C)C)c3)sc2c1. The molecule has 0 spiro atoms. The molecule has 0 unspecified atom stereocenters. The number of hydrogen-bond donors (Lipinski definition) is 1. The van der Waals surface area contributed by atoms with Crippen molar-refractivity contribution in [3.8, 4) is 0 Å². The molecule has 0 radical (unpaired) electrons. The molecule has 3 rings (SSSR count). The van der Waals surface area contributed by atoms with Crippen molar-refractivity contribution in [3.05, 3.63) is 46.6 Å². The van der Waals surface area contributed by atoms with E-state index in [9.17, 15) is 4.79 Å². The van der Waals surface area contributed by atoms with Crippen molar-refractivity contribution in [3.63, 3.8) is 0 Å². The molecule has 3 aromatic rings. The number of rotatable bonds is 3. The van der Waals surface area contributed by atoms with Crippen LogP contribution in [0.4, 0.5) is 10.9 Å². The highest BCUT2D eigenvalue weighted by Gasteiger charge is 2.13. The monoisotopic (exact) mass is 346 g/mol. The van der Waals surface area contributed by atoms with Gasteiger partial charge in [0.15, 0.2) is 5.13 Å². The molecule has 0 fully saturated rings. The van der Waals surface area contributed by atoms with Crippen molar-refractivity contribution in [1.82, 2.24) is 9.97 Å². The van der Waals surface area contributed by atoms with Gasteiger partial charge in [-0.05, 0) is 36.8 Å². The van der Waals surface area contributed by atoms with Gasteiger partial charge >= 0.3 is 0 Å². The number of anilines is 2. The highest BCUT2D eigenvalue weighted by Crippen LogP contribution is 2.27. The number of nitrogens with one attached hydrogen (secondary N) is 1. The van der Waals surface area contributed by atoms with Gasteiger partial charge < -0.3 is 4.90 Å². The smallest absolute Gasteiger partial charge is 0.257 e. The number of pyridine rings is 1. The van der Waals surface area contributed by atoms with E-state index in [1.54, 1.807) is 17.0 Å². The van der Waals surface area contributed by atoms with Gasteiger partial charge in [0.25, 0.3) is 5.91 Å².